The number of hydrogen-bond donors (Lipinski definition) is 2. The maximum atomic E-state index is 13.0. The molecule has 2 rings (SSSR count). The average Bonchev–Trinajstić information content (AvgIpc) is 2.50. The number of ketones is 1. The van der Waals surface area contributed by atoms with E-state index in [1.165, 1.54) is 26.4 Å². The van der Waals surface area contributed by atoms with Crippen LogP contribution in [0.1, 0.15) is 27.0 Å². The van der Waals surface area contributed by atoms with Gasteiger partial charge in [-0.25, -0.2) is 0 Å². The third kappa shape index (κ3) is 2.86. The Bertz CT molecular complexity index is 783. The second-order valence-corrected chi connectivity index (χ2v) is 5.90. The Hall–Kier alpha value is -2.21. The van der Waals surface area contributed by atoms with Crippen molar-refractivity contribution in [2.75, 3.05) is 14.2 Å². The maximum absolute atomic E-state index is 13.0. The standard InChI is InChI=1S/C17H17BrO5/c1-8-7-12(20)16(22-3)17(23-4)13(8)15(21)14-9(2)10(18)5-6-11(14)19/h5-7,19-20H,1-4H3. The molecule has 0 bridgehead atoms. The van der Waals surface area contributed by atoms with E-state index in [-0.39, 0.29) is 34.1 Å². The molecule has 0 amide bonds. The van der Waals surface area contributed by atoms with Crippen LogP contribution in [0.5, 0.6) is 23.0 Å². The monoisotopic (exact) mass is 380 g/mol. The van der Waals surface area contributed by atoms with Crippen LogP contribution in [0.25, 0.3) is 0 Å². The van der Waals surface area contributed by atoms with Crippen molar-refractivity contribution in [2.45, 2.75) is 13.8 Å². The van der Waals surface area contributed by atoms with E-state index < -0.39 is 5.78 Å². The molecule has 0 saturated heterocycles. The molecule has 2 N–H and O–H groups in total. The molecule has 0 spiro atoms. The van der Waals surface area contributed by atoms with Crippen molar-refractivity contribution in [1.82, 2.24) is 0 Å². The molecular weight excluding hydrogens is 364 g/mol. The van der Waals surface area contributed by atoms with E-state index in [0.717, 1.165) is 0 Å². The normalized spacial score (nSPS) is 10.5. The summed E-state index contributed by atoms with van der Waals surface area (Å²) in [7, 11) is 2.77. The van der Waals surface area contributed by atoms with Gasteiger partial charge in [0.25, 0.3) is 0 Å². The van der Waals surface area contributed by atoms with Gasteiger partial charge in [-0.3, -0.25) is 4.79 Å². The number of rotatable bonds is 4. The molecule has 0 aliphatic rings. The van der Waals surface area contributed by atoms with E-state index >= 15 is 0 Å². The van der Waals surface area contributed by atoms with Crippen LogP contribution in [-0.2, 0) is 0 Å². The Balaban J connectivity index is 2.77. The van der Waals surface area contributed by atoms with Crippen molar-refractivity contribution >= 4 is 21.7 Å². The Morgan fingerprint density at radius 1 is 1.00 bits per heavy atom. The van der Waals surface area contributed by atoms with Crippen LogP contribution in [-0.4, -0.2) is 30.2 Å². The third-order valence-corrected chi connectivity index (χ3v) is 4.51. The van der Waals surface area contributed by atoms with Gasteiger partial charge in [0.05, 0.1) is 25.3 Å². The number of halogens is 1. The number of hydrogen-bond acceptors (Lipinski definition) is 5. The molecular formula is C17H17BrO5. The van der Waals surface area contributed by atoms with Crippen molar-refractivity contribution in [3.8, 4) is 23.0 Å². The molecule has 0 aromatic heterocycles. The Labute approximate surface area is 142 Å². The lowest BCUT2D eigenvalue weighted by Gasteiger charge is -2.17. The molecule has 0 radical (unpaired) electrons. The average molecular weight is 381 g/mol. The van der Waals surface area contributed by atoms with Gasteiger partial charge in [-0.1, -0.05) is 15.9 Å². The molecule has 0 fully saturated rings. The number of ether oxygens (including phenoxy) is 2. The highest BCUT2D eigenvalue weighted by Gasteiger charge is 2.27. The first-order chi connectivity index (χ1) is 10.8. The van der Waals surface area contributed by atoms with E-state index in [1.54, 1.807) is 19.9 Å². The number of carbonyl (C=O) groups is 1. The van der Waals surface area contributed by atoms with Crippen LogP contribution in [0.15, 0.2) is 22.7 Å². The van der Waals surface area contributed by atoms with Gasteiger partial charge >= 0.3 is 0 Å². The van der Waals surface area contributed by atoms with Crippen molar-refractivity contribution < 1.29 is 24.5 Å². The van der Waals surface area contributed by atoms with Gasteiger partial charge in [0.1, 0.15) is 5.75 Å². The van der Waals surface area contributed by atoms with E-state index in [9.17, 15) is 15.0 Å². The molecule has 0 aliphatic carbocycles. The summed E-state index contributed by atoms with van der Waals surface area (Å²) in [4.78, 5) is 13.0. The highest BCUT2D eigenvalue weighted by Crippen LogP contribution is 2.43. The smallest absolute Gasteiger partial charge is 0.203 e. The molecule has 2 aromatic rings. The van der Waals surface area contributed by atoms with Gasteiger partial charge in [-0.05, 0) is 43.2 Å². The lowest BCUT2D eigenvalue weighted by molar-refractivity contribution is 0.103. The lowest BCUT2D eigenvalue weighted by Crippen LogP contribution is -2.10. The fourth-order valence-corrected chi connectivity index (χ4v) is 2.84. The summed E-state index contributed by atoms with van der Waals surface area (Å²) < 4.78 is 11.1. The molecule has 122 valence electrons. The van der Waals surface area contributed by atoms with Crippen molar-refractivity contribution in [2.24, 2.45) is 0 Å². The Morgan fingerprint density at radius 2 is 1.61 bits per heavy atom. The van der Waals surface area contributed by atoms with Crippen LogP contribution >= 0.6 is 15.9 Å². The Morgan fingerprint density at radius 3 is 2.17 bits per heavy atom. The molecule has 0 saturated carbocycles. The molecule has 5 nitrogen and oxygen atoms in total. The van der Waals surface area contributed by atoms with E-state index in [4.69, 9.17) is 9.47 Å². The summed E-state index contributed by atoms with van der Waals surface area (Å²) in [6.45, 7) is 3.41. The molecule has 0 atom stereocenters. The lowest BCUT2D eigenvalue weighted by atomic mass is 9.94. The summed E-state index contributed by atoms with van der Waals surface area (Å²) in [5, 5.41) is 20.1. The maximum Gasteiger partial charge on any atom is 0.203 e. The zero-order chi connectivity index (χ0) is 17.3. The van der Waals surface area contributed by atoms with Crippen molar-refractivity contribution in [3.63, 3.8) is 0 Å². The summed E-state index contributed by atoms with van der Waals surface area (Å²) in [5.74, 6) is -0.436. The zero-order valence-corrected chi connectivity index (χ0v) is 14.8. The van der Waals surface area contributed by atoms with Crippen LogP contribution in [0, 0.1) is 13.8 Å². The van der Waals surface area contributed by atoms with E-state index in [0.29, 0.717) is 15.6 Å². The quantitative estimate of drug-likeness (QED) is 0.790. The predicted molar refractivity (Wildman–Crippen MR) is 89.9 cm³/mol. The van der Waals surface area contributed by atoms with Gasteiger partial charge in [0.15, 0.2) is 11.5 Å². The van der Waals surface area contributed by atoms with Crippen molar-refractivity contribution in [1.29, 1.82) is 0 Å². The van der Waals surface area contributed by atoms with Gasteiger partial charge in [0.2, 0.25) is 11.5 Å². The molecule has 6 heteroatoms. The number of phenolic OH excluding ortho intramolecular Hbond substituents is 2. The number of aryl methyl sites for hydroxylation is 1. The highest BCUT2D eigenvalue weighted by molar-refractivity contribution is 9.10. The first kappa shape index (κ1) is 17.1. The van der Waals surface area contributed by atoms with Crippen LogP contribution in [0.3, 0.4) is 0 Å². The van der Waals surface area contributed by atoms with E-state index in [2.05, 4.69) is 15.9 Å². The molecule has 0 aliphatic heterocycles. The second kappa shape index (κ2) is 6.50. The van der Waals surface area contributed by atoms with Crippen LogP contribution in [0.2, 0.25) is 0 Å². The van der Waals surface area contributed by atoms with Gasteiger partial charge in [0, 0.05) is 4.47 Å². The molecule has 0 heterocycles. The van der Waals surface area contributed by atoms with Crippen LogP contribution in [0.4, 0.5) is 0 Å². The molecule has 2 aromatic carbocycles. The van der Waals surface area contributed by atoms with Gasteiger partial charge < -0.3 is 19.7 Å². The molecule has 23 heavy (non-hydrogen) atoms. The predicted octanol–water partition coefficient (Wildman–Crippen LogP) is 3.73. The number of phenols is 2. The van der Waals surface area contributed by atoms with Crippen molar-refractivity contribution in [3.05, 3.63) is 44.9 Å². The SMILES string of the molecule is COc1c(O)cc(C)c(C(=O)c2c(O)ccc(Br)c2C)c1OC. The number of aromatic hydroxyl groups is 2. The second-order valence-electron chi connectivity index (χ2n) is 5.05. The van der Waals surface area contributed by atoms with Crippen LogP contribution < -0.4 is 9.47 Å². The topological polar surface area (TPSA) is 76.0 Å². The summed E-state index contributed by atoms with van der Waals surface area (Å²) in [6, 6.07) is 4.55. The highest BCUT2D eigenvalue weighted by atomic mass is 79.9. The number of carbonyl (C=O) groups excluding carboxylic acids is 1. The third-order valence-electron chi connectivity index (χ3n) is 3.65. The fourth-order valence-electron chi connectivity index (χ4n) is 2.51. The van der Waals surface area contributed by atoms with E-state index in [1.807, 2.05) is 0 Å². The minimum absolute atomic E-state index is 0.0774. The van der Waals surface area contributed by atoms with Gasteiger partial charge in [-0.2, -0.15) is 0 Å². The largest absolute Gasteiger partial charge is 0.507 e. The number of benzene rings is 2. The first-order valence-electron chi connectivity index (χ1n) is 6.80. The zero-order valence-electron chi connectivity index (χ0n) is 13.2. The first-order valence-corrected chi connectivity index (χ1v) is 7.60. The summed E-state index contributed by atoms with van der Waals surface area (Å²) in [5.41, 5.74) is 1.54. The minimum Gasteiger partial charge on any atom is -0.507 e. The Kier molecular flexibility index (Phi) is 4.85. The minimum atomic E-state index is -0.408. The summed E-state index contributed by atoms with van der Waals surface area (Å²) in [6.07, 6.45) is 0. The summed E-state index contributed by atoms with van der Waals surface area (Å²) >= 11 is 3.36. The number of methoxy groups -OCH3 is 2. The van der Waals surface area contributed by atoms with Gasteiger partial charge in [-0.15, -0.1) is 0 Å². The fraction of sp³-hybridized carbons (Fsp3) is 0.235. The molecule has 0 unspecified atom stereocenters.